The highest BCUT2D eigenvalue weighted by Gasteiger charge is 2.20. The molecule has 8 heteroatoms. The van der Waals surface area contributed by atoms with E-state index in [2.05, 4.69) is 21.2 Å². The van der Waals surface area contributed by atoms with Crippen LogP contribution in [0, 0.1) is 11.6 Å². The summed E-state index contributed by atoms with van der Waals surface area (Å²) in [6.07, 6.45) is -1.17. The molecule has 104 valence electrons. The van der Waals surface area contributed by atoms with E-state index in [-0.39, 0.29) is 4.47 Å². The number of hydrogen-bond acceptors (Lipinski definition) is 3. The van der Waals surface area contributed by atoms with Gasteiger partial charge in [0.05, 0.1) is 0 Å². The molecule has 0 fully saturated rings. The first-order valence-electron chi connectivity index (χ1n) is 5.19. The zero-order valence-corrected chi connectivity index (χ0v) is 11.7. The molecule has 0 aromatic heterocycles. The van der Waals surface area contributed by atoms with Crippen molar-refractivity contribution in [2.45, 2.75) is 13.0 Å². The standard InChI is InChI=1S/C11H11BrF2N2O3/c1-5(10(17)16-11(18)15-2)19-8-4-6(12)3-7(13)9(8)14/h3-5H,1-2H3,(H2,15,16,17,18). The number of amides is 3. The van der Waals surface area contributed by atoms with Gasteiger partial charge in [0.2, 0.25) is 5.82 Å². The van der Waals surface area contributed by atoms with Gasteiger partial charge >= 0.3 is 6.03 Å². The zero-order chi connectivity index (χ0) is 14.6. The highest BCUT2D eigenvalue weighted by Crippen LogP contribution is 2.26. The van der Waals surface area contributed by atoms with Crippen molar-refractivity contribution in [3.05, 3.63) is 28.2 Å². The van der Waals surface area contributed by atoms with Crippen LogP contribution < -0.4 is 15.4 Å². The summed E-state index contributed by atoms with van der Waals surface area (Å²) < 4.78 is 31.7. The predicted octanol–water partition coefficient (Wildman–Crippen LogP) is 1.95. The number of rotatable bonds is 3. The van der Waals surface area contributed by atoms with Crippen LogP contribution >= 0.6 is 15.9 Å². The van der Waals surface area contributed by atoms with Crippen LogP contribution in [0.2, 0.25) is 0 Å². The Bertz CT molecular complexity index is 511. The topological polar surface area (TPSA) is 67.4 Å². The number of benzene rings is 1. The molecule has 1 unspecified atom stereocenters. The van der Waals surface area contributed by atoms with Gasteiger partial charge in [-0.3, -0.25) is 10.1 Å². The third-order valence-electron chi connectivity index (χ3n) is 2.10. The number of nitrogens with one attached hydrogen (secondary N) is 2. The van der Waals surface area contributed by atoms with Crippen LogP contribution in [0.1, 0.15) is 6.92 Å². The van der Waals surface area contributed by atoms with Crippen molar-refractivity contribution >= 4 is 27.9 Å². The van der Waals surface area contributed by atoms with Gasteiger partial charge in [-0.05, 0) is 19.1 Å². The van der Waals surface area contributed by atoms with E-state index in [4.69, 9.17) is 4.74 Å². The van der Waals surface area contributed by atoms with Crippen molar-refractivity contribution in [1.29, 1.82) is 0 Å². The smallest absolute Gasteiger partial charge is 0.321 e. The maximum absolute atomic E-state index is 13.4. The highest BCUT2D eigenvalue weighted by atomic mass is 79.9. The van der Waals surface area contributed by atoms with Gasteiger partial charge in [-0.15, -0.1) is 0 Å². The molecule has 1 aromatic carbocycles. The highest BCUT2D eigenvalue weighted by molar-refractivity contribution is 9.10. The summed E-state index contributed by atoms with van der Waals surface area (Å²) in [6, 6.07) is 1.39. The van der Waals surface area contributed by atoms with E-state index in [0.29, 0.717) is 0 Å². The van der Waals surface area contributed by atoms with Gasteiger partial charge in [0, 0.05) is 11.5 Å². The minimum Gasteiger partial charge on any atom is -0.478 e. The van der Waals surface area contributed by atoms with Crippen molar-refractivity contribution < 1.29 is 23.1 Å². The predicted molar refractivity (Wildman–Crippen MR) is 66.7 cm³/mol. The third kappa shape index (κ3) is 4.16. The Kier molecular flexibility index (Phi) is 5.22. The molecule has 0 aliphatic carbocycles. The molecule has 5 nitrogen and oxygen atoms in total. The van der Waals surface area contributed by atoms with Gasteiger partial charge in [0.1, 0.15) is 0 Å². The average molecular weight is 337 g/mol. The molecule has 0 heterocycles. The minimum absolute atomic E-state index is 0.264. The summed E-state index contributed by atoms with van der Waals surface area (Å²) in [7, 11) is 1.33. The first-order valence-corrected chi connectivity index (χ1v) is 5.98. The number of urea groups is 1. The SMILES string of the molecule is CNC(=O)NC(=O)C(C)Oc1cc(Br)cc(F)c1F. The Morgan fingerprint density at radius 1 is 1.37 bits per heavy atom. The molecule has 3 amide bonds. The molecular formula is C11H11BrF2N2O3. The largest absolute Gasteiger partial charge is 0.478 e. The Morgan fingerprint density at radius 3 is 2.58 bits per heavy atom. The van der Waals surface area contributed by atoms with E-state index < -0.39 is 35.4 Å². The van der Waals surface area contributed by atoms with E-state index >= 15 is 0 Å². The van der Waals surface area contributed by atoms with Crippen molar-refractivity contribution in [2.75, 3.05) is 7.05 Å². The molecule has 1 atom stereocenters. The van der Waals surface area contributed by atoms with Gasteiger partial charge in [-0.1, -0.05) is 15.9 Å². The minimum atomic E-state index is -1.21. The van der Waals surface area contributed by atoms with E-state index in [1.165, 1.54) is 20.0 Å². The monoisotopic (exact) mass is 336 g/mol. The molecule has 0 aliphatic heterocycles. The molecule has 0 aliphatic rings. The second kappa shape index (κ2) is 6.46. The second-order valence-electron chi connectivity index (χ2n) is 3.53. The quantitative estimate of drug-likeness (QED) is 0.829. The lowest BCUT2D eigenvalue weighted by atomic mass is 10.3. The average Bonchev–Trinajstić information content (AvgIpc) is 2.34. The summed E-state index contributed by atoms with van der Waals surface area (Å²) in [6.45, 7) is 1.30. The number of halogens is 3. The van der Waals surface area contributed by atoms with Crippen molar-refractivity contribution in [3.8, 4) is 5.75 Å². The molecule has 2 N–H and O–H groups in total. The molecule has 19 heavy (non-hydrogen) atoms. The third-order valence-corrected chi connectivity index (χ3v) is 2.55. The van der Waals surface area contributed by atoms with Crippen LogP contribution in [-0.2, 0) is 4.79 Å². The Labute approximate surface area is 116 Å². The van der Waals surface area contributed by atoms with Crippen LogP contribution in [0.25, 0.3) is 0 Å². The van der Waals surface area contributed by atoms with Crippen molar-refractivity contribution in [1.82, 2.24) is 10.6 Å². The maximum Gasteiger partial charge on any atom is 0.321 e. The molecule has 1 aromatic rings. The van der Waals surface area contributed by atoms with Crippen LogP contribution in [0.5, 0.6) is 5.75 Å². The Balaban J connectivity index is 2.79. The van der Waals surface area contributed by atoms with Crippen LogP contribution in [-0.4, -0.2) is 25.1 Å². The van der Waals surface area contributed by atoms with Gasteiger partial charge in [0.15, 0.2) is 17.7 Å². The molecule has 1 rings (SSSR count). The summed E-state index contributed by atoms with van der Waals surface area (Å²) in [5.41, 5.74) is 0. The lowest BCUT2D eigenvalue weighted by Gasteiger charge is -2.14. The summed E-state index contributed by atoms with van der Waals surface area (Å²) >= 11 is 2.97. The first kappa shape index (κ1) is 15.4. The number of carbonyl (C=O) groups is 2. The van der Waals surface area contributed by atoms with Gasteiger partial charge < -0.3 is 10.1 Å². The fourth-order valence-corrected chi connectivity index (χ4v) is 1.55. The Hall–Kier alpha value is -1.70. The fraction of sp³-hybridized carbons (Fsp3) is 0.273. The van der Waals surface area contributed by atoms with Crippen molar-refractivity contribution in [2.24, 2.45) is 0 Å². The molecule has 0 saturated heterocycles. The molecule has 0 spiro atoms. The van der Waals surface area contributed by atoms with E-state index in [9.17, 15) is 18.4 Å². The number of imide groups is 1. The van der Waals surface area contributed by atoms with Crippen LogP contribution in [0.4, 0.5) is 13.6 Å². The molecule has 0 bridgehead atoms. The van der Waals surface area contributed by atoms with Crippen LogP contribution in [0.15, 0.2) is 16.6 Å². The lowest BCUT2D eigenvalue weighted by Crippen LogP contribution is -2.44. The normalized spacial score (nSPS) is 11.6. The van der Waals surface area contributed by atoms with Gasteiger partial charge in [-0.2, -0.15) is 4.39 Å². The number of ether oxygens (including phenoxy) is 1. The van der Waals surface area contributed by atoms with E-state index in [1.54, 1.807) is 0 Å². The fourth-order valence-electron chi connectivity index (χ4n) is 1.14. The van der Waals surface area contributed by atoms with E-state index in [0.717, 1.165) is 6.07 Å². The summed E-state index contributed by atoms with van der Waals surface area (Å²) in [4.78, 5) is 22.4. The second-order valence-corrected chi connectivity index (χ2v) is 4.44. The zero-order valence-electron chi connectivity index (χ0n) is 10.1. The molecular weight excluding hydrogens is 326 g/mol. The van der Waals surface area contributed by atoms with Crippen molar-refractivity contribution in [3.63, 3.8) is 0 Å². The molecule has 0 radical (unpaired) electrons. The van der Waals surface area contributed by atoms with Gasteiger partial charge in [-0.25, -0.2) is 9.18 Å². The molecule has 0 saturated carbocycles. The van der Waals surface area contributed by atoms with Crippen LogP contribution in [0.3, 0.4) is 0 Å². The number of hydrogen-bond donors (Lipinski definition) is 2. The maximum atomic E-state index is 13.4. The summed E-state index contributed by atoms with van der Waals surface area (Å²) in [5.74, 6) is -3.52. The summed E-state index contributed by atoms with van der Waals surface area (Å²) in [5, 5.41) is 4.13. The first-order chi connectivity index (χ1) is 8.85. The van der Waals surface area contributed by atoms with E-state index in [1.807, 2.05) is 5.32 Å². The van der Waals surface area contributed by atoms with Gasteiger partial charge in [0.25, 0.3) is 5.91 Å². The Morgan fingerprint density at radius 2 is 2.00 bits per heavy atom. The lowest BCUT2D eigenvalue weighted by molar-refractivity contribution is -0.126. The number of carbonyl (C=O) groups excluding carboxylic acids is 2.